The van der Waals surface area contributed by atoms with E-state index in [0.29, 0.717) is 23.6 Å². The van der Waals surface area contributed by atoms with Crippen molar-refractivity contribution in [2.75, 3.05) is 0 Å². The van der Waals surface area contributed by atoms with Crippen molar-refractivity contribution in [2.45, 2.75) is 36.0 Å². The largest absolute Gasteiger partial charge is 0.349 e. The molecule has 1 saturated carbocycles. The standard InChI is InChI=1S/C19H18ClN3O3S/c1-13-2-7-17-22-15(12-23(17)11-13)10-21-18(24)19(8-9-19)27(25,26)16-5-3-14(20)4-6-16/h2-7,11-12H,8-10H2,1H3,(H,21,24). The Hall–Kier alpha value is -2.38. The fourth-order valence-electron chi connectivity index (χ4n) is 3.14. The van der Waals surface area contributed by atoms with Crippen molar-refractivity contribution in [1.29, 1.82) is 0 Å². The number of imidazole rings is 1. The number of nitrogens with one attached hydrogen (secondary N) is 1. The van der Waals surface area contributed by atoms with Crippen LogP contribution in [0.2, 0.25) is 5.02 Å². The van der Waals surface area contributed by atoms with Gasteiger partial charge in [-0.2, -0.15) is 0 Å². The number of aromatic nitrogens is 2. The first kappa shape index (κ1) is 18.0. The first-order chi connectivity index (χ1) is 12.8. The van der Waals surface area contributed by atoms with Gasteiger partial charge in [0.05, 0.1) is 17.1 Å². The number of sulfone groups is 1. The monoisotopic (exact) mass is 403 g/mol. The number of amides is 1. The summed E-state index contributed by atoms with van der Waals surface area (Å²) in [4.78, 5) is 17.3. The third kappa shape index (κ3) is 3.11. The molecule has 1 amide bonds. The molecule has 27 heavy (non-hydrogen) atoms. The highest BCUT2D eigenvalue weighted by molar-refractivity contribution is 7.94. The van der Waals surface area contributed by atoms with Gasteiger partial charge in [0.25, 0.3) is 0 Å². The molecule has 0 unspecified atom stereocenters. The normalized spacial score (nSPS) is 15.6. The van der Waals surface area contributed by atoms with Crippen LogP contribution in [0.5, 0.6) is 0 Å². The van der Waals surface area contributed by atoms with Crippen molar-refractivity contribution in [3.05, 3.63) is 65.1 Å². The number of rotatable bonds is 5. The molecule has 3 aromatic rings. The van der Waals surface area contributed by atoms with Crippen LogP contribution in [0.1, 0.15) is 24.1 Å². The Morgan fingerprint density at radius 2 is 1.89 bits per heavy atom. The van der Waals surface area contributed by atoms with E-state index in [4.69, 9.17) is 11.6 Å². The van der Waals surface area contributed by atoms with Gasteiger partial charge < -0.3 is 9.72 Å². The lowest BCUT2D eigenvalue weighted by Gasteiger charge is -2.16. The van der Waals surface area contributed by atoms with E-state index >= 15 is 0 Å². The smallest absolute Gasteiger partial charge is 0.242 e. The van der Waals surface area contributed by atoms with Crippen molar-refractivity contribution in [1.82, 2.24) is 14.7 Å². The summed E-state index contributed by atoms with van der Waals surface area (Å²) in [5, 5.41) is 3.19. The SMILES string of the molecule is Cc1ccc2nc(CNC(=O)C3(S(=O)(=O)c4ccc(Cl)cc4)CC3)cn2c1. The van der Waals surface area contributed by atoms with E-state index in [0.717, 1.165) is 11.2 Å². The number of carbonyl (C=O) groups is 1. The molecule has 0 radical (unpaired) electrons. The molecule has 8 heteroatoms. The molecule has 2 heterocycles. The summed E-state index contributed by atoms with van der Waals surface area (Å²) in [6.45, 7) is 2.16. The summed E-state index contributed by atoms with van der Waals surface area (Å²) in [5.41, 5.74) is 2.55. The lowest BCUT2D eigenvalue weighted by Crippen LogP contribution is -2.41. The summed E-state index contributed by atoms with van der Waals surface area (Å²) in [7, 11) is -3.77. The zero-order valence-electron chi connectivity index (χ0n) is 14.6. The Morgan fingerprint density at radius 1 is 1.19 bits per heavy atom. The molecule has 4 rings (SSSR count). The van der Waals surface area contributed by atoms with E-state index in [1.807, 2.05) is 35.9 Å². The molecule has 0 spiro atoms. The van der Waals surface area contributed by atoms with Crippen LogP contribution in [0.3, 0.4) is 0 Å². The minimum atomic E-state index is -3.77. The minimum Gasteiger partial charge on any atom is -0.349 e. The van der Waals surface area contributed by atoms with Crippen molar-refractivity contribution in [3.8, 4) is 0 Å². The number of benzene rings is 1. The van der Waals surface area contributed by atoms with Crippen LogP contribution in [0, 0.1) is 6.92 Å². The molecular formula is C19H18ClN3O3S. The molecule has 140 valence electrons. The highest BCUT2D eigenvalue weighted by Gasteiger charge is 2.61. The van der Waals surface area contributed by atoms with Gasteiger partial charge in [-0.05, 0) is 55.7 Å². The van der Waals surface area contributed by atoms with Crippen LogP contribution in [-0.4, -0.2) is 28.5 Å². The fourth-order valence-corrected chi connectivity index (χ4v) is 5.17. The lowest BCUT2D eigenvalue weighted by atomic mass is 10.3. The quantitative estimate of drug-likeness (QED) is 0.710. The van der Waals surface area contributed by atoms with Gasteiger partial charge in [0.15, 0.2) is 14.6 Å². The van der Waals surface area contributed by atoms with Gasteiger partial charge in [-0.15, -0.1) is 0 Å². The van der Waals surface area contributed by atoms with Gasteiger partial charge in [-0.1, -0.05) is 17.7 Å². The van der Waals surface area contributed by atoms with E-state index in [-0.39, 0.29) is 11.4 Å². The Balaban J connectivity index is 1.52. The zero-order chi connectivity index (χ0) is 19.2. The first-order valence-electron chi connectivity index (χ1n) is 8.55. The Kier molecular flexibility index (Phi) is 4.24. The van der Waals surface area contributed by atoms with Crippen LogP contribution < -0.4 is 5.32 Å². The first-order valence-corrected chi connectivity index (χ1v) is 10.4. The molecule has 1 aromatic carbocycles. The predicted octanol–water partition coefficient (Wildman–Crippen LogP) is 2.92. The van der Waals surface area contributed by atoms with E-state index in [2.05, 4.69) is 10.3 Å². The summed E-state index contributed by atoms with van der Waals surface area (Å²) < 4.78 is 26.4. The second-order valence-electron chi connectivity index (χ2n) is 6.84. The third-order valence-electron chi connectivity index (χ3n) is 4.84. The van der Waals surface area contributed by atoms with E-state index in [9.17, 15) is 13.2 Å². The lowest BCUT2D eigenvalue weighted by molar-refractivity contribution is -0.121. The average molecular weight is 404 g/mol. The topological polar surface area (TPSA) is 80.5 Å². The van der Waals surface area contributed by atoms with Gasteiger partial charge in [-0.3, -0.25) is 4.79 Å². The van der Waals surface area contributed by atoms with E-state index in [1.165, 1.54) is 24.3 Å². The number of halogens is 1. The summed E-state index contributed by atoms with van der Waals surface area (Å²) in [6, 6.07) is 9.77. The molecule has 6 nitrogen and oxygen atoms in total. The molecule has 1 N–H and O–H groups in total. The highest BCUT2D eigenvalue weighted by Crippen LogP contribution is 2.47. The van der Waals surface area contributed by atoms with Crippen LogP contribution in [0.25, 0.3) is 5.65 Å². The average Bonchev–Trinajstić information content (AvgIpc) is 3.36. The number of nitrogens with zero attached hydrogens (tertiary/aromatic N) is 2. The van der Waals surface area contributed by atoms with E-state index in [1.54, 1.807) is 0 Å². The van der Waals surface area contributed by atoms with Crippen molar-refractivity contribution < 1.29 is 13.2 Å². The van der Waals surface area contributed by atoms with Crippen molar-refractivity contribution in [2.24, 2.45) is 0 Å². The molecular weight excluding hydrogens is 386 g/mol. The second-order valence-corrected chi connectivity index (χ2v) is 9.53. The highest BCUT2D eigenvalue weighted by atomic mass is 35.5. The molecule has 1 fully saturated rings. The maximum Gasteiger partial charge on any atom is 0.242 e. The Morgan fingerprint density at radius 3 is 2.56 bits per heavy atom. The molecule has 0 aliphatic heterocycles. The van der Waals surface area contributed by atoms with Crippen LogP contribution in [-0.2, 0) is 21.2 Å². The number of hydrogen-bond acceptors (Lipinski definition) is 4. The second kappa shape index (κ2) is 6.35. The van der Waals surface area contributed by atoms with Gasteiger partial charge >= 0.3 is 0 Å². The number of hydrogen-bond donors (Lipinski definition) is 1. The van der Waals surface area contributed by atoms with E-state index < -0.39 is 20.5 Å². The third-order valence-corrected chi connectivity index (χ3v) is 7.60. The van der Waals surface area contributed by atoms with Gasteiger partial charge in [0.1, 0.15) is 5.65 Å². The minimum absolute atomic E-state index is 0.114. The Labute approximate surface area is 162 Å². The number of carbonyl (C=O) groups excluding carboxylic acids is 1. The maximum atomic E-state index is 12.9. The summed E-state index contributed by atoms with van der Waals surface area (Å²) >= 11 is 5.83. The predicted molar refractivity (Wildman–Crippen MR) is 102 cm³/mol. The number of fused-ring (bicyclic) bond motifs is 1. The molecule has 1 aliphatic carbocycles. The van der Waals surface area contributed by atoms with Gasteiger partial charge in [-0.25, -0.2) is 13.4 Å². The molecule has 2 aromatic heterocycles. The van der Waals surface area contributed by atoms with Crippen LogP contribution >= 0.6 is 11.6 Å². The Bertz CT molecular complexity index is 1130. The van der Waals surface area contributed by atoms with Crippen molar-refractivity contribution >= 4 is 33.0 Å². The van der Waals surface area contributed by atoms with Crippen LogP contribution in [0.4, 0.5) is 0 Å². The summed E-state index contributed by atoms with van der Waals surface area (Å²) in [5.74, 6) is -0.481. The van der Waals surface area contributed by atoms with Crippen LogP contribution in [0.15, 0.2) is 53.7 Å². The maximum absolute atomic E-state index is 12.9. The molecule has 0 bridgehead atoms. The number of pyridine rings is 1. The summed E-state index contributed by atoms with van der Waals surface area (Å²) in [6.07, 6.45) is 4.40. The molecule has 0 atom stereocenters. The van der Waals surface area contributed by atoms with Gasteiger partial charge in [0.2, 0.25) is 5.91 Å². The molecule has 0 saturated heterocycles. The molecule has 1 aliphatic rings. The van der Waals surface area contributed by atoms with Crippen molar-refractivity contribution in [3.63, 3.8) is 0 Å². The fraction of sp³-hybridized carbons (Fsp3) is 0.263. The van der Waals surface area contributed by atoms with Gasteiger partial charge in [0, 0.05) is 17.4 Å². The zero-order valence-corrected chi connectivity index (χ0v) is 16.2. The number of aryl methyl sites for hydroxylation is 1.